The lowest BCUT2D eigenvalue weighted by molar-refractivity contribution is -0.146. The molecule has 7 heteroatoms. The molecule has 2 aromatic heterocycles. The standard InChI is InChI=1S/C20H26N4O3/c1-11(16(25)20-7-12-4-13(8-20)6-14(5-12)9-20)24-10-21-17-15(24)18(26)23(3)19(27)22(17)2/h10-14H,4-9H2,1-3H3/t11-,12?,13?,14?,20?/m0/s1. The highest BCUT2D eigenvalue weighted by molar-refractivity contribution is 5.90. The van der Waals surface area contributed by atoms with Gasteiger partial charge in [-0.2, -0.15) is 0 Å². The number of hydrogen-bond donors (Lipinski definition) is 0. The molecule has 2 aromatic rings. The van der Waals surface area contributed by atoms with Gasteiger partial charge in [0, 0.05) is 19.5 Å². The number of nitrogens with zero attached hydrogens (tertiary/aromatic N) is 4. The molecule has 0 radical (unpaired) electrons. The maximum atomic E-state index is 13.7. The number of hydrogen-bond acceptors (Lipinski definition) is 4. The van der Waals surface area contributed by atoms with Crippen molar-refractivity contribution < 1.29 is 4.79 Å². The predicted octanol–water partition coefficient (Wildman–Crippen LogP) is 1.78. The number of aryl methyl sites for hydroxylation is 1. The van der Waals surface area contributed by atoms with Crippen LogP contribution in [0, 0.1) is 23.2 Å². The fourth-order valence-electron chi connectivity index (χ4n) is 6.64. The van der Waals surface area contributed by atoms with Crippen LogP contribution in [-0.2, 0) is 18.9 Å². The Morgan fingerprint density at radius 3 is 2.19 bits per heavy atom. The minimum absolute atomic E-state index is 0.226. The van der Waals surface area contributed by atoms with E-state index in [2.05, 4.69) is 4.98 Å². The maximum Gasteiger partial charge on any atom is 0.332 e. The van der Waals surface area contributed by atoms with Crippen LogP contribution in [0.4, 0.5) is 0 Å². The average Bonchev–Trinajstić information content (AvgIpc) is 3.07. The number of carbonyl (C=O) groups is 1. The third-order valence-corrected chi connectivity index (χ3v) is 7.53. The van der Waals surface area contributed by atoms with E-state index < -0.39 is 17.3 Å². The fourth-order valence-corrected chi connectivity index (χ4v) is 6.64. The summed E-state index contributed by atoms with van der Waals surface area (Å²) >= 11 is 0. The summed E-state index contributed by atoms with van der Waals surface area (Å²) in [6.07, 6.45) is 8.43. The highest BCUT2D eigenvalue weighted by atomic mass is 16.2. The van der Waals surface area contributed by atoms with Crippen molar-refractivity contribution in [2.24, 2.45) is 37.3 Å². The third-order valence-electron chi connectivity index (χ3n) is 7.53. The van der Waals surface area contributed by atoms with Crippen molar-refractivity contribution >= 4 is 16.9 Å². The summed E-state index contributed by atoms with van der Waals surface area (Å²) in [6.45, 7) is 1.88. The molecular weight excluding hydrogens is 344 g/mol. The van der Waals surface area contributed by atoms with Gasteiger partial charge in [-0.1, -0.05) is 0 Å². The molecule has 4 aliphatic rings. The lowest BCUT2D eigenvalue weighted by Gasteiger charge is -2.56. The molecule has 0 spiro atoms. The van der Waals surface area contributed by atoms with Crippen molar-refractivity contribution in [3.05, 3.63) is 27.2 Å². The first-order chi connectivity index (χ1) is 12.8. The van der Waals surface area contributed by atoms with Gasteiger partial charge < -0.3 is 4.57 Å². The van der Waals surface area contributed by atoms with Crippen molar-refractivity contribution in [2.45, 2.75) is 51.5 Å². The maximum absolute atomic E-state index is 13.7. The Morgan fingerprint density at radius 2 is 1.63 bits per heavy atom. The second kappa shape index (κ2) is 5.42. The first kappa shape index (κ1) is 17.0. The molecular formula is C20H26N4O3. The molecule has 27 heavy (non-hydrogen) atoms. The summed E-state index contributed by atoms with van der Waals surface area (Å²) in [4.78, 5) is 42.8. The van der Waals surface area contributed by atoms with E-state index in [1.54, 1.807) is 17.9 Å². The number of rotatable bonds is 3. The number of carbonyl (C=O) groups excluding carboxylic acids is 1. The van der Waals surface area contributed by atoms with Crippen molar-refractivity contribution in [1.82, 2.24) is 18.7 Å². The minimum Gasteiger partial charge on any atom is -0.314 e. The van der Waals surface area contributed by atoms with Crippen molar-refractivity contribution in [3.63, 3.8) is 0 Å². The number of fused-ring (bicyclic) bond motifs is 1. The fraction of sp³-hybridized carbons (Fsp3) is 0.700. The Labute approximate surface area is 157 Å². The van der Waals surface area contributed by atoms with E-state index >= 15 is 0 Å². The Hall–Kier alpha value is -2.18. The normalized spacial score (nSPS) is 32.9. The lowest BCUT2D eigenvalue weighted by atomic mass is 9.48. The van der Waals surface area contributed by atoms with E-state index in [0.29, 0.717) is 28.9 Å². The quantitative estimate of drug-likeness (QED) is 0.825. The Bertz CT molecular complexity index is 1040. The van der Waals surface area contributed by atoms with Gasteiger partial charge >= 0.3 is 5.69 Å². The zero-order chi connectivity index (χ0) is 19.1. The first-order valence-corrected chi connectivity index (χ1v) is 9.97. The summed E-state index contributed by atoms with van der Waals surface area (Å²) in [7, 11) is 3.07. The number of imidazole rings is 1. The molecule has 2 heterocycles. The van der Waals surface area contributed by atoms with E-state index in [1.165, 1.54) is 30.9 Å². The molecule has 0 amide bonds. The van der Waals surface area contributed by atoms with Crippen molar-refractivity contribution in [2.75, 3.05) is 0 Å². The van der Waals surface area contributed by atoms with Crippen LogP contribution >= 0.6 is 0 Å². The molecule has 1 atom stereocenters. The van der Waals surface area contributed by atoms with Gasteiger partial charge in [-0.3, -0.25) is 18.7 Å². The Balaban J connectivity index is 1.59. The Morgan fingerprint density at radius 1 is 1.07 bits per heavy atom. The molecule has 0 saturated heterocycles. The van der Waals surface area contributed by atoms with Gasteiger partial charge in [-0.25, -0.2) is 9.78 Å². The van der Waals surface area contributed by atoms with E-state index in [1.807, 2.05) is 6.92 Å². The van der Waals surface area contributed by atoms with E-state index in [-0.39, 0.29) is 11.2 Å². The summed E-state index contributed by atoms with van der Waals surface area (Å²) in [5, 5.41) is 0. The molecule has 4 aliphatic carbocycles. The van der Waals surface area contributed by atoms with E-state index in [9.17, 15) is 14.4 Å². The molecule has 4 fully saturated rings. The van der Waals surface area contributed by atoms with Gasteiger partial charge in [0.15, 0.2) is 16.9 Å². The Kier molecular flexibility index (Phi) is 3.41. The molecule has 6 rings (SSSR count). The SMILES string of the molecule is C[C@@H](C(=O)C12CC3CC(CC(C3)C1)C2)n1cnc2c1c(=O)n(C)c(=O)n2C. The van der Waals surface area contributed by atoms with Crippen LogP contribution in [0.1, 0.15) is 51.5 Å². The average molecular weight is 370 g/mol. The van der Waals surface area contributed by atoms with Gasteiger partial charge in [-0.05, 0) is 63.2 Å². The predicted molar refractivity (Wildman–Crippen MR) is 101 cm³/mol. The highest BCUT2D eigenvalue weighted by Gasteiger charge is 2.55. The molecule has 0 N–H and O–H groups in total. The number of aromatic nitrogens is 4. The largest absolute Gasteiger partial charge is 0.332 e. The molecule has 0 aliphatic heterocycles. The minimum atomic E-state index is -0.448. The summed E-state index contributed by atoms with van der Waals surface area (Å²) in [5.74, 6) is 2.33. The smallest absolute Gasteiger partial charge is 0.314 e. The molecule has 7 nitrogen and oxygen atoms in total. The second-order valence-electron chi connectivity index (χ2n) is 9.27. The van der Waals surface area contributed by atoms with Crippen LogP contribution in [-0.4, -0.2) is 24.5 Å². The van der Waals surface area contributed by atoms with Crippen molar-refractivity contribution in [3.8, 4) is 0 Å². The van der Waals surface area contributed by atoms with Crippen molar-refractivity contribution in [1.29, 1.82) is 0 Å². The van der Waals surface area contributed by atoms with E-state index in [0.717, 1.165) is 23.8 Å². The van der Waals surface area contributed by atoms with Crippen LogP contribution in [0.2, 0.25) is 0 Å². The van der Waals surface area contributed by atoms with Gasteiger partial charge in [-0.15, -0.1) is 0 Å². The molecule has 144 valence electrons. The molecule has 4 saturated carbocycles. The lowest BCUT2D eigenvalue weighted by Crippen LogP contribution is -2.51. The zero-order valence-electron chi connectivity index (χ0n) is 16.1. The molecule has 4 bridgehead atoms. The second-order valence-corrected chi connectivity index (χ2v) is 9.27. The molecule has 0 unspecified atom stereocenters. The third kappa shape index (κ3) is 2.20. The van der Waals surface area contributed by atoms with Crippen LogP contribution in [0.25, 0.3) is 11.2 Å². The summed E-state index contributed by atoms with van der Waals surface area (Å²) < 4.78 is 4.15. The first-order valence-electron chi connectivity index (χ1n) is 9.97. The van der Waals surface area contributed by atoms with Crippen LogP contribution in [0.3, 0.4) is 0 Å². The van der Waals surface area contributed by atoms with Crippen LogP contribution in [0.15, 0.2) is 15.9 Å². The van der Waals surface area contributed by atoms with Crippen LogP contribution in [0.5, 0.6) is 0 Å². The summed E-state index contributed by atoms with van der Waals surface area (Å²) in [6, 6.07) is -0.448. The van der Waals surface area contributed by atoms with Crippen LogP contribution < -0.4 is 11.2 Å². The van der Waals surface area contributed by atoms with E-state index in [4.69, 9.17) is 0 Å². The van der Waals surface area contributed by atoms with Gasteiger partial charge in [0.05, 0.1) is 12.4 Å². The van der Waals surface area contributed by atoms with Gasteiger partial charge in [0.1, 0.15) is 0 Å². The molecule has 0 aromatic carbocycles. The number of Topliss-reactive ketones (excluding diaryl/α,β-unsaturated/α-hetero) is 1. The van der Waals surface area contributed by atoms with Gasteiger partial charge in [0.2, 0.25) is 0 Å². The van der Waals surface area contributed by atoms with Gasteiger partial charge in [0.25, 0.3) is 5.56 Å². The monoisotopic (exact) mass is 370 g/mol. The number of ketones is 1. The summed E-state index contributed by atoms with van der Waals surface area (Å²) in [5.41, 5.74) is -0.344. The highest BCUT2D eigenvalue weighted by Crippen LogP contribution is 2.61. The zero-order valence-corrected chi connectivity index (χ0v) is 16.1. The topological polar surface area (TPSA) is 78.9 Å².